The van der Waals surface area contributed by atoms with Crippen LogP contribution in [-0.4, -0.2) is 16.1 Å². The van der Waals surface area contributed by atoms with Crippen molar-refractivity contribution in [2.75, 3.05) is 0 Å². The van der Waals surface area contributed by atoms with E-state index in [0.717, 1.165) is 16.8 Å². The molecule has 14 heavy (non-hydrogen) atoms. The molecule has 0 amide bonds. The molecule has 3 heteroatoms. The Labute approximate surface area is 81.8 Å². The SMILES string of the molecule is c1cnc2cc(OC3CC3)ccc2n1. The first-order chi connectivity index (χ1) is 6.92. The summed E-state index contributed by atoms with van der Waals surface area (Å²) in [6, 6.07) is 5.84. The molecule has 1 aliphatic rings. The molecular weight excluding hydrogens is 176 g/mol. The highest BCUT2D eigenvalue weighted by molar-refractivity contribution is 5.75. The number of benzene rings is 1. The number of rotatable bonds is 2. The molecule has 0 aliphatic heterocycles. The van der Waals surface area contributed by atoms with Gasteiger partial charge in [-0.2, -0.15) is 0 Å². The van der Waals surface area contributed by atoms with Crippen LogP contribution in [0.5, 0.6) is 5.75 Å². The lowest BCUT2D eigenvalue weighted by atomic mass is 10.3. The summed E-state index contributed by atoms with van der Waals surface area (Å²) in [6.45, 7) is 0. The van der Waals surface area contributed by atoms with Crippen LogP contribution >= 0.6 is 0 Å². The van der Waals surface area contributed by atoms with E-state index in [-0.39, 0.29) is 0 Å². The monoisotopic (exact) mass is 186 g/mol. The highest BCUT2D eigenvalue weighted by Gasteiger charge is 2.23. The molecule has 1 aliphatic carbocycles. The fourth-order valence-electron chi connectivity index (χ4n) is 1.39. The minimum absolute atomic E-state index is 0.434. The average Bonchev–Trinajstić information content (AvgIpc) is 3.02. The summed E-state index contributed by atoms with van der Waals surface area (Å²) >= 11 is 0. The quantitative estimate of drug-likeness (QED) is 0.721. The predicted octanol–water partition coefficient (Wildman–Crippen LogP) is 2.17. The van der Waals surface area contributed by atoms with Crippen molar-refractivity contribution < 1.29 is 4.74 Å². The van der Waals surface area contributed by atoms with Gasteiger partial charge >= 0.3 is 0 Å². The first-order valence-corrected chi connectivity index (χ1v) is 4.79. The smallest absolute Gasteiger partial charge is 0.122 e. The fourth-order valence-corrected chi connectivity index (χ4v) is 1.39. The number of hydrogen-bond acceptors (Lipinski definition) is 3. The molecule has 0 unspecified atom stereocenters. The molecule has 0 spiro atoms. The number of aromatic nitrogens is 2. The molecule has 1 fully saturated rings. The molecule has 1 aromatic heterocycles. The average molecular weight is 186 g/mol. The standard InChI is InChI=1S/C11H10N2O/c1-2-8(1)14-9-3-4-10-11(7-9)13-6-5-12-10/h3-8H,1-2H2. The van der Waals surface area contributed by atoms with Gasteiger partial charge in [0.25, 0.3) is 0 Å². The number of nitrogens with zero attached hydrogens (tertiary/aromatic N) is 2. The van der Waals surface area contributed by atoms with E-state index < -0.39 is 0 Å². The zero-order chi connectivity index (χ0) is 9.38. The second-order valence-corrected chi connectivity index (χ2v) is 3.52. The van der Waals surface area contributed by atoms with Gasteiger partial charge in [-0.3, -0.25) is 9.97 Å². The maximum absolute atomic E-state index is 5.67. The number of fused-ring (bicyclic) bond motifs is 1. The molecule has 1 heterocycles. The molecule has 0 bridgehead atoms. The third-order valence-corrected chi connectivity index (χ3v) is 2.27. The van der Waals surface area contributed by atoms with E-state index in [9.17, 15) is 0 Å². The predicted molar refractivity (Wildman–Crippen MR) is 53.2 cm³/mol. The number of hydrogen-bond donors (Lipinski definition) is 0. The Morgan fingerprint density at radius 3 is 2.64 bits per heavy atom. The van der Waals surface area contributed by atoms with Crippen LogP contribution in [0.4, 0.5) is 0 Å². The van der Waals surface area contributed by atoms with Crippen molar-refractivity contribution in [1.29, 1.82) is 0 Å². The first kappa shape index (κ1) is 7.74. The molecule has 1 saturated carbocycles. The minimum atomic E-state index is 0.434. The normalized spacial score (nSPS) is 15.7. The molecule has 3 nitrogen and oxygen atoms in total. The Morgan fingerprint density at radius 2 is 1.86 bits per heavy atom. The largest absolute Gasteiger partial charge is 0.490 e. The van der Waals surface area contributed by atoms with Crippen molar-refractivity contribution in [2.45, 2.75) is 18.9 Å². The van der Waals surface area contributed by atoms with Gasteiger partial charge < -0.3 is 4.74 Å². The first-order valence-electron chi connectivity index (χ1n) is 4.79. The molecule has 3 rings (SSSR count). The van der Waals surface area contributed by atoms with Gasteiger partial charge in [-0.15, -0.1) is 0 Å². The van der Waals surface area contributed by atoms with E-state index in [1.165, 1.54) is 12.8 Å². The summed E-state index contributed by atoms with van der Waals surface area (Å²) < 4.78 is 5.67. The van der Waals surface area contributed by atoms with Crippen molar-refractivity contribution in [3.05, 3.63) is 30.6 Å². The molecule has 0 saturated heterocycles. The van der Waals surface area contributed by atoms with Gasteiger partial charge in [-0.05, 0) is 25.0 Å². The van der Waals surface area contributed by atoms with Gasteiger partial charge in [0.2, 0.25) is 0 Å². The minimum Gasteiger partial charge on any atom is -0.490 e. The molecule has 0 N–H and O–H groups in total. The molecular formula is C11H10N2O. The summed E-state index contributed by atoms with van der Waals surface area (Å²) in [6.07, 6.45) is 6.19. The van der Waals surface area contributed by atoms with Gasteiger partial charge in [0.05, 0.1) is 17.1 Å². The van der Waals surface area contributed by atoms with Crippen LogP contribution < -0.4 is 4.74 Å². The summed E-state index contributed by atoms with van der Waals surface area (Å²) in [5.41, 5.74) is 1.81. The molecule has 0 radical (unpaired) electrons. The second kappa shape index (κ2) is 2.94. The maximum Gasteiger partial charge on any atom is 0.122 e. The van der Waals surface area contributed by atoms with Gasteiger partial charge in [-0.25, -0.2) is 0 Å². The van der Waals surface area contributed by atoms with Crippen LogP contribution in [0.25, 0.3) is 11.0 Å². The van der Waals surface area contributed by atoms with Gasteiger partial charge in [0.1, 0.15) is 5.75 Å². The van der Waals surface area contributed by atoms with E-state index in [2.05, 4.69) is 9.97 Å². The van der Waals surface area contributed by atoms with Crippen LogP contribution in [0.15, 0.2) is 30.6 Å². The van der Waals surface area contributed by atoms with E-state index in [0.29, 0.717) is 6.10 Å². The summed E-state index contributed by atoms with van der Waals surface area (Å²) in [5, 5.41) is 0. The van der Waals surface area contributed by atoms with Gasteiger partial charge in [0.15, 0.2) is 0 Å². The van der Waals surface area contributed by atoms with Crippen molar-refractivity contribution in [2.24, 2.45) is 0 Å². The lowest BCUT2D eigenvalue weighted by molar-refractivity contribution is 0.303. The zero-order valence-corrected chi connectivity index (χ0v) is 7.68. The van der Waals surface area contributed by atoms with E-state index in [1.54, 1.807) is 12.4 Å². The Balaban J connectivity index is 2.01. The van der Waals surface area contributed by atoms with Crippen LogP contribution in [0, 0.1) is 0 Å². The van der Waals surface area contributed by atoms with E-state index >= 15 is 0 Å². The van der Waals surface area contributed by atoms with Crippen LogP contribution in [0.3, 0.4) is 0 Å². The molecule has 1 aromatic carbocycles. The summed E-state index contributed by atoms with van der Waals surface area (Å²) in [4.78, 5) is 8.43. The van der Waals surface area contributed by atoms with Crippen molar-refractivity contribution >= 4 is 11.0 Å². The Morgan fingerprint density at radius 1 is 1.07 bits per heavy atom. The second-order valence-electron chi connectivity index (χ2n) is 3.52. The van der Waals surface area contributed by atoms with Crippen molar-refractivity contribution in [3.63, 3.8) is 0 Å². The Hall–Kier alpha value is -1.64. The van der Waals surface area contributed by atoms with Crippen molar-refractivity contribution in [3.8, 4) is 5.75 Å². The van der Waals surface area contributed by atoms with E-state index in [1.807, 2.05) is 18.2 Å². The van der Waals surface area contributed by atoms with Gasteiger partial charge in [-0.1, -0.05) is 0 Å². The molecule has 2 aromatic rings. The topological polar surface area (TPSA) is 35.0 Å². The zero-order valence-electron chi connectivity index (χ0n) is 7.68. The van der Waals surface area contributed by atoms with Crippen LogP contribution in [-0.2, 0) is 0 Å². The third-order valence-electron chi connectivity index (χ3n) is 2.27. The molecule has 70 valence electrons. The van der Waals surface area contributed by atoms with Crippen molar-refractivity contribution in [1.82, 2.24) is 9.97 Å². The number of ether oxygens (including phenoxy) is 1. The lowest BCUT2D eigenvalue weighted by Gasteiger charge is -2.04. The summed E-state index contributed by atoms with van der Waals surface area (Å²) in [5.74, 6) is 0.903. The highest BCUT2D eigenvalue weighted by Crippen LogP contribution is 2.27. The highest BCUT2D eigenvalue weighted by atomic mass is 16.5. The van der Waals surface area contributed by atoms with Gasteiger partial charge in [0, 0.05) is 18.5 Å². The van der Waals surface area contributed by atoms with Crippen LogP contribution in [0.1, 0.15) is 12.8 Å². The maximum atomic E-state index is 5.67. The Bertz CT molecular complexity index is 466. The van der Waals surface area contributed by atoms with Crippen LogP contribution in [0.2, 0.25) is 0 Å². The summed E-state index contributed by atoms with van der Waals surface area (Å²) in [7, 11) is 0. The fraction of sp³-hybridized carbons (Fsp3) is 0.273. The third kappa shape index (κ3) is 1.41. The molecule has 0 atom stereocenters. The van der Waals surface area contributed by atoms with E-state index in [4.69, 9.17) is 4.74 Å². The Kier molecular flexibility index (Phi) is 1.63. The lowest BCUT2D eigenvalue weighted by Crippen LogP contribution is -1.95.